The average molecular weight is 230 g/mol. The van der Waals surface area contributed by atoms with Gasteiger partial charge in [-0.05, 0) is 24.7 Å². The van der Waals surface area contributed by atoms with E-state index in [0.717, 1.165) is 10.5 Å². The zero-order valence-electron chi connectivity index (χ0n) is 11.4. The Labute approximate surface area is 99.5 Å². The fourth-order valence-corrected chi connectivity index (χ4v) is 3.45. The van der Waals surface area contributed by atoms with Gasteiger partial charge in [0.15, 0.2) is 0 Å². The van der Waals surface area contributed by atoms with E-state index in [9.17, 15) is 0 Å². The van der Waals surface area contributed by atoms with Crippen LogP contribution >= 0.6 is 0 Å². The van der Waals surface area contributed by atoms with E-state index in [-0.39, 0.29) is 0 Å². The van der Waals surface area contributed by atoms with Crippen LogP contribution < -0.4 is 0 Å². The third kappa shape index (κ3) is 5.16. The van der Waals surface area contributed by atoms with Gasteiger partial charge in [0.1, 0.15) is 10.5 Å². The fourth-order valence-electron chi connectivity index (χ4n) is 2.55. The summed E-state index contributed by atoms with van der Waals surface area (Å²) in [6.07, 6.45) is 9.66. The Kier molecular flexibility index (Phi) is 8.44. The van der Waals surface area contributed by atoms with Crippen molar-refractivity contribution in [1.82, 2.24) is 0 Å². The minimum atomic E-state index is 0.433. The molecule has 92 valence electrons. The van der Waals surface area contributed by atoms with Gasteiger partial charge in [-0.25, -0.2) is 0 Å². The zero-order valence-corrected chi connectivity index (χ0v) is 13.4. The van der Waals surface area contributed by atoms with Crippen LogP contribution in [0.5, 0.6) is 0 Å². The third-order valence-electron chi connectivity index (χ3n) is 3.64. The summed E-state index contributed by atoms with van der Waals surface area (Å²) in [5.41, 5.74) is 0.433. The molecule has 1 atom stereocenters. The molecule has 0 spiro atoms. The van der Waals surface area contributed by atoms with Gasteiger partial charge in [0.25, 0.3) is 0 Å². The summed E-state index contributed by atoms with van der Waals surface area (Å²) in [5.74, 6) is 0. The Balaban J connectivity index is 4.35. The highest BCUT2D eigenvalue weighted by Crippen LogP contribution is 2.37. The van der Waals surface area contributed by atoms with Crippen molar-refractivity contribution in [3.63, 3.8) is 0 Å². The van der Waals surface area contributed by atoms with E-state index in [1.165, 1.54) is 44.9 Å². The third-order valence-corrected chi connectivity index (χ3v) is 4.20. The Hall–Kier alpha value is 0.177. The van der Waals surface area contributed by atoms with E-state index in [2.05, 4.69) is 27.7 Å². The van der Waals surface area contributed by atoms with Crippen molar-refractivity contribution in [1.29, 1.82) is 0 Å². The molecule has 0 rings (SSSR count). The van der Waals surface area contributed by atoms with E-state index in [4.69, 9.17) is 4.43 Å². The molecule has 2 heteroatoms. The molecule has 0 radical (unpaired) electrons. The maximum atomic E-state index is 5.80. The van der Waals surface area contributed by atoms with E-state index in [1.807, 2.05) is 0 Å². The minimum absolute atomic E-state index is 0.433. The van der Waals surface area contributed by atoms with Gasteiger partial charge in [0.2, 0.25) is 0 Å². The summed E-state index contributed by atoms with van der Waals surface area (Å²) in [4.78, 5) is 0. The predicted molar refractivity (Wildman–Crippen MR) is 72.3 cm³/mol. The summed E-state index contributed by atoms with van der Waals surface area (Å²) in [5, 5.41) is 0. The number of hydrogen-bond acceptors (Lipinski definition) is 1. The molecule has 0 amide bonds. The van der Waals surface area contributed by atoms with Gasteiger partial charge in [0.05, 0.1) is 0 Å². The molecule has 0 saturated carbocycles. The lowest BCUT2D eigenvalue weighted by molar-refractivity contribution is 0.0453. The zero-order chi connectivity index (χ0) is 11.7. The second kappa shape index (κ2) is 8.34. The van der Waals surface area contributed by atoms with Crippen molar-refractivity contribution >= 4 is 10.5 Å². The Morgan fingerprint density at radius 1 is 1.07 bits per heavy atom. The predicted octanol–water partition coefficient (Wildman–Crippen LogP) is 3.45. The van der Waals surface area contributed by atoms with Gasteiger partial charge in [-0.2, -0.15) is 0 Å². The van der Waals surface area contributed by atoms with Gasteiger partial charge in [-0.15, -0.1) is 0 Å². The standard InChI is InChI=1S/C13H30OSi/c1-5-8-10-13(4,11-9-6-2)12(7-3)14-15/h12H,5-11H2,1-4,15H3. The molecular weight excluding hydrogens is 200 g/mol. The van der Waals surface area contributed by atoms with Crippen LogP contribution in [0.4, 0.5) is 0 Å². The highest BCUT2D eigenvalue weighted by molar-refractivity contribution is 5.98. The smallest absolute Gasteiger partial charge is 0.146 e. The SMILES string of the molecule is CCCCC(C)(CCCC)C(CC)O[SiH3]. The highest BCUT2D eigenvalue weighted by Gasteiger charge is 2.31. The molecule has 0 aromatic rings. The molecule has 0 N–H and O–H groups in total. The second-order valence-corrected chi connectivity index (χ2v) is 5.47. The van der Waals surface area contributed by atoms with Crippen LogP contribution in [0.3, 0.4) is 0 Å². The summed E-state index contributed by atoms with van der Waals surface area (Å²) >= 11 is 0. The summed E-state index contributed by atoms with van der Waals surface area (Å²) in [6.45, 7) is 9.26. The maximum absolute atomic E-state index is 5.80. The largest absolute Gasteiger partial charge is 0.425 e. The monoisotopic (exact) mass is 230 g/mol. The Morgan fingerprint density at radius 3 is 1.80 bits per heavy atom. The van der Waals surface area contributed by atoms with Crippen LogP contribution in [0.1, 0.15) is 72.6 Å². The quantitative estimate of drug-likeness (QED) is 0.551. The Morgan fingerprint density at radius 2 is 1.53 bits per heavy atom. The fraction of sp³-hybridized carbons (Fsp3) is 1.00. The van der Waals surface area contributed by atoms with Gasteiger partial charge in [-0.3, -0.25) is 0 Å². The molecule has 0 aliphatic heterocycles. The van der Waals surface area contributed by atoms with Gasteiger partial charge >= 0.3 is 0 Å². The van der Waals surface area contributed by atoms with Gasteiger partial charge in [-0.1, -0.05) is 53.4 Å². The average Bonchev–Trinajstić information content (AvgIpc) is 2.25. The second-order valence-electron chi connectivity index (χ2n) is 4.99. The summed E-state index contributed by atoms with van der Waals surface area (Å²) in [6, 6.07) is 0. The van der Waals surface area contributed by atoms with Gasteiger partial charge in [0, 0.05) is 6.10 Å². The first-order valence-electron chi connectivity index (χ1n) is 6.67. The van der Waals surface area contributed by atoms with E-state index in [1.54, 1.807) is 0 Å². The molecule has 15 heavy (non-hydrogen) atoms. The molecule has 0 bridgehead atoms. The summed E-state index contributed by atoms with van der Waals surface area (Å²) < 4.78 is 5.80. The first-order valence-corrected chi connectivity index (χ1v) is 7.49. The first kappa shape index (κ1) is 15.2. The molecule has 0 heterocycles. The molecule has 0 aliphatic rings. The molecule has 0 aromatic heterocycles. The number of unbranched alkanes of at least 4 members (excludes halogenated alkanes) is 2. The van der Waals surface area contributed by atoms with Crippen molar-refractivity contribution in [3.8, 4) is 0 Å². The van der Waals surface area contributed by atoms with E-state index in [0.29, 0.717) is 11.5 Å². The lowest BCUT2D eigenvalue weighted by atomic mass is 9.74. The van der Waals surface area contributed by atoms with Crippen LogP contribution in [-0.2, 0) is 4.43 Å². The van der Waals surface area contributed by atoms with Crippen molar-refractivity contribution in [2.45, 2.75) is 78.7 Å². The van der Waals surface area contributed by atoms with Crippen LogP contribution in [0.15, 0.2) is 0 Å². The van der Waals surface area contributed by atoms with Crippen LogP contribution in [0.25, 0.3) is 0 Å². The molecule has 1 nitrogen and oxygen atoms in total. The van der Waals surface area contributed by atoms with Crippen molar-refractivity contribution in [3.05, 3.63) is 0 Å². The van der Waals surface area contributed by atoms with Crippen LogP contribution in [0.2, 0.25) is 0 Å². The van der Waals surface area contributed by atoms with Crippen molar-refractivity contribution in [2.75, 3.05) is 0 Å². The molecule has 0 aliphatic carbocycles. The molecule has 1 unspecified atom stereocenters. The lowest BCUT2D eigenvalue weighted by Crippen LogP contribution is -2.34. The van der Waals surface area contributed by atoms with Gasteiger partial charge < -0.3 is 4.43 Å². The van der Waals surface area contributed by atoms with Crippen molar-refractivity contribution in [2.24, 2.45) is 5.41 Å². The topological polar surface area (TPSA) is 9.23 Å². The maximum Gasteiger partial charge on any atom is 0.146 e. The summed E-state index contributed by atoms with van der Waals surface area (Å²) in [7, 11) is 0.880. The minimum Gasteiger partial charge on any atom is -0.425 e. The van der Waals surface area contributed by atoms with E-state index < -0.39 is 0 Å². The first-order chi connectivity index (χ1) is 7.14. The molecular formula is C13H30OSi. The van der Waals surface area contributed by atoms with Crippen LogP contribution in [-0.4, -0.2) is 16.6 Å². The van der Waals surface area contributed by atoms with E-state index >= 15 is 0 Å². The number of rotatable bonds is 9. The van der Waals surface area contributed by atoms with Crippen molar-refractivity contribution < 1.29 is 4.43 Å². The molecule has 0 fully saturated rings. The lowest BCUT2D eigenvalue weighted by Gasteiger charge is -2.37. The Bertz CT molecular complexity index is 135. The molecule has 0 saturated heterocycles. The number of hydrogen-bond donors (Lipinski definition) is 0. The molecule has 0 aromatic carbocycles. The van der Waals surface area contributed by atoms with Crippen LogP contribution in [0, 0.1) is 5.41 Å². The highest BCUT2D eigenvalue weighted by atomic mass is 28.2. The normalized spacial score (nSPS) is 14.4.